The fraction of sp³-hybridized carbons (Fsp3) is 0.321. The molecule has 190 valence electrons. The summed E-state index contributed by atoms with van der Waals surface area (Å²) in [5, 5.41) is 2.88. The highest BCUT2D eigenvalue weighted by atomic mass is 19.4. The van der Waals surface area contributed by atoms with E-state index in [1.165, 1.54) is 24.3 Å². The molecule has 0 spiro atoms. The molecule has 1 unspecified atom stereocenters. The van der Waals surface area contributed by atoms with Gasteiger partial charge in [-0.1, -0.05) is 42.8 Å². The van der Waals surface area contributed by atoms with E-state index in [9.17, 15) is 22.4 Å². The topological polar surface area (TPSA) is 41.6 Å². The highest BCUT2D eigenvalue weighted by molar-refractivity contribution is 5.81. The standard InChI is InChI=1S/C28H28F4N2O2/c1-36-26-14-13-23(29)16-24(26)21-9-5-20(6-10-21)18-34-15-3-2-4-25(34)27(35)33-17-19-7-11-22(12-8-19)28(30,31)32/h5-14,16,25H,2-4,15,17-18H2,1H3,(H,33,35). The summed E-state index contributed by atoms with van der Waals surface area (Å²) < 4.78 is 57.4. The third-order valence-corrected chi connectivity index (χ3v) is 6.48. The Morgan fingerprint density at radius 3 is 2.36 bits per heavy atom. The van der Waals surface area contributed by atoms with Gasteiger partial charge in [0.25, 0.3) is 0 Å². The maximum absolute atomic E-state index is 13.8. The van der Waals surface area contributed by atoms with Crippen molar-refractivity contribution in [2.75, 3.05) is 13.7 Å². The van der Waals surface area contributed by atoms with Crippen LogP contribution in [-0.4, -0.2) is 30.5 Å². The minimum atomic E-state index is -4.38. The molecule has 36 heavy (non-hydrogen) atoms. The Kier molecular flexibility index (Phi) is 7.94. The lowest BCUT2D eigenvalue weighted by Crippen LogP contribution is -2.48. The molecule has 1 amide bonds. The first-order chi connectivity index (χ1) is 17.2. The zero-order valence-corrected chi connectivity index (χ0v) is 19.9. The van der Waals surface area contributed by atoms with Crippen molar-refractivity contribution in [2.24, 2.45) is 0 Å². The number of amides is 1. The van der Waals surface area contributed by atoms with E-state index in [0.717, 1.165) is 49.1 Å². The Morgan fingerprint density at radius 1 is 1.00 bits per heavy atom. The van der Waals surface area contributed by atoms with Crippen LogP contribution in [0.3, 0.4) is 0 Å². The van der Waals surface area contributed by atoms with Gasteiger partial charge in [-0.15, -0.1) is 0 Å². The number of ether oxygens (including phenoxy) is 1. The molecule has 1 aliphatic heterocycles. The van der Waals surface area contributed by atoms with Gasteiger partial charge in [0.1, 0.15) is 11.6 Å². The lowest BCUT2D eigenvalue weighted by molar-refractivity contribution is -0.137. The van der Waals surface area contributed by atoms with Crippen molar-refractivity contribution in [3.63, 3.8) is 0 Å². The normalized spacial score (nSPS) is 16.5. The van der Waals surface area contributed by atoms with E-state index in [0.29, 0.717) is 23.4 Å². The zero-order valence-electron chi connectivity index (χ0n) is 19.9. The van der Waals surface area contributed by atoms with Gasteiger partial charge in [0.15, 0.2) is 0 Å². The van der Waals surface area contributed by atoms with Gasteiger partial charge in [-0.3, -0.25) is 9.69 Å². The van der Waals surface area contributed by atoms with Crippen LogP contribution >= 0.6 is 0 Å². The first-order valence-electron chi connectivity index (χ1n) is 11.9. The molecule has 4 rings (SSSR count). The van der Waals surface area contributed by atoms with Crippen molar-refractivity contribution in [3.8, 4) is 16.9 Å². The molecule has 3 aromatic carbocycles. The minimum Gasteiger partial charge on any atom is -0.496 e. The molecule has 4 nitrogen and oxygen atoms in total. The highest BCUT2D eigenvalue weighted by Gasteiger charge is 2.30. The van der Waals surface area contributed by atoms with Crippen LogP contribution in [0.15, 0.2) is 66.7 Å². The number of nitrogens with one attached hydrogen (secondary N) is 1. The van der Waals surface area contributed by atoms with E-state index in [2.05, 4.69) is 10.2 Å². The number of piperidine rings is 1. The van der Waals surface area contributed by atoms with Crippen LogP contribution in [0.25, 0.3) is 11.1 Å². The first-order valence-corrected chi connectivity index (χ1v) is 11.9. The predicted molar refractivity (Wildman–Crippen MR) is 130 cm³/mol. The number of halogens is 4. The van der Waals surface area contributed by atoms with Gasteiger partial charge < -0.3 is 10.1 Å². The second kappa shape index (κ2) is 11.1. The van der Waals surface area contributed by atoms with Gasteiger partial charge in [-0.05, 0) is 66.4 Å². The fourth-order valence-electron chi connectivity index (χ4n) is 4.53. The molecule has 0 saturated carbocycles. The lowest BCUT2D eigenvalue weighted by atomic mass is 9.99. The number of hydrogen-bond donors (Lipinski definition) is 1. The predicted octanol–water partition coefficient (Wildman–Crippen LogP) is 6.19. The number of likely N-dealkylation sites (tertiary alicyclic amines) is 1. The number of hydrogen-bond acceptors (Lipinski definition) is 3. The van der Waals surface area contributed by atoms with Crippen molar-refractivity contribution < 1.29 is 27.1 Å². The summed E-state index contributed by atoms with van der Waals surface area (Å²) in [6, 6.07) is 16.7. The molecule has 1 saturated heterocycles. The molecule has 1 heterocycles. The summed E-state index contributed by atoms with van der Waals surface area (Å²) in [4.78, 5) is 15.1. The van der Waals surface area contributed by atoms with E-state index in [-0.39, 0.29) is 24.3 Å². The highest BCUT2D eigenvalue weighted by Crippen LogP contribution is 2.31. The average Bonchev–Trinajstić information content (AvgIpc) is 2.88. The molecular weight excluding hydrogens is 472 g/mol. The smallest absolute Gasteiger partial charge is 0.416 e. The molecule has 0 aliphatic carbocycles. The number of carbonyl (C=O) groups excluding carboxylic acids is 1. The van der Waals surface area contributed by atoms with Gasteiger partial charge in [-0.25, -0.2) is 4.39 Å². The molecule has 0 bridgehead atoms. The van der Waals surface area contributed by atoms with Gasteiger partial charge in [-0.2, -0.15) is 13.2 Å². The monoisotopic (exact) mass is 500 g/mol. The van der Waals surface area contributed by atoms with E-state index in [1.807, 2.05) is 24.3 Å². The Labute approximate surface area is 207 Å². The van der Waals surface area contributed by atoms with Gasteiger partial charge in [0.2, 0.25) is 5.91 Å². The third kappa shape index (κ3) is 6.23. The van der Waals surface area contributed by atoms with Gasteiger partial charge >= 0.3 is 6.18 Å². The molecule has 1 N–H and O–H groups in total. The van der Waals surface area contributed by atoms with E-state index >= 15 is 0 Å². The van der Waals surface area contributed by atoms with E-state index < -0.39 is 11.7 Å². The van der Waals surface area contributed by atoms with Crippen LogP contribution in [0.4, 0.5) is 17.6 Å². The summed E-state index contributed by atoms with van der Waals surface area (Å²) in [5.74, 6) is 0.119. The lowest BCUT2D eigenvalue weighted by Gasteiger charge is -2.34. The van der Waals surface area contributed by atoms with Crippen LogP contribution in [0.2, 0.25) is 0 Å². The van der Waals surface area contributed by atoms with Gasteiger partial charge in [0.05, 0.1) is 18.7 Å². The first kappa shape index (κ1) is 25.7. The third-order valence-electron chi connectivity index (χ3n) is 6.48. The van der Waals surface area contributed by atoms with Crippen molar-refractivity contribution in [1.82, 2.24) is 10.2 Å². The molecule has 3 aromatic rings. The average molecular weight is 501 g/mol. The van der Waals surface area contributed by atoms with Crippen molar-refractivity contribution >= 4 is 5.91 Å². The molecule has 1 aliphatic rings. The number of benzene rings is 3. The second-order valence-corrected chi connectivity index (χ2v) is 8.94. The summed E-state index contributed by atoms with van der Waals surface area (Å²) in [7, 11) is 1.55. The molecule has 0 radical (unpaired) electrons. The molecule has 1 atom stereocenters. The van der Waals surface area contributed by atoms with Crippen LogP contribution in [0, 0.1) is 5.82 Å². The zero-order chi connectivity index (χ0) is 25.7. The second-order valence-electron chi connectivity index (χ2n) is 8.94. The van der Waals surface area contributed by atoms with Crippen molar-refractivity contribution in [3.05, 3.63) is 89.2 Å². The van der Waals surface area contributed by atoms with Crippen molar-refractivity contribution in [2.45, 2.75) is 44.6 Å². The molecular formula is C28H28F4N2O2. The minimum absolute atomic E-state index is 0.129. The Balaban J connectivity index is 1.39. The summed E-state index contributed by atoms with van der Waals surface area (Å²) >= 11 is 0. The SMILES string of the molecule is COc1ccc(F)cc1-c1ccc(CN2CCCCC2C(=O)NCc2ccc(C(F)(F)F)cc2)cc1. The van der Waals surface area contributed by atoms with Crippen molar-refractivity contribution in [1.29, 1.82) is 0 Å². The van der Waals surface area contributed by atoms with E-state index in [1.54, 1.807) is 13.2 Å². The maximum atomic E-state index is 13.8. The number of methoxy groups -OCH3 is 1. The van der Waals surface area contributed by atoms with Crippen LogP contribution < -0.4 is 10.1 Å². The molecule has 8 heteroatoms. The van der Waals surface area contributed by atoms with Crippen LogP contribution in [-0.2, 0) is 24.1 Å². The summed E-state index contributed by atoms with van der Waals surface area (Å²) in [6.45, 7) is 1.53. The Hall–Kier alpha value is -3.39. The van der Waals surface area contributed by atoms with Crippen LogP contribution in [0.5, 0.6) is 5.75 Å². The number of nitrogens with zero attached hydrogens (tertiary/aromatic N) is 1. The summed E-state index contributed by atoms with van der Waals surface area (Å²) in [5.41, 5.74) is 2.43. The molecule has 1 fully saturated rings. The maximum Gasteiger partial charge on any atom is 0.416 e. The molecule has 0 aromatic heterocycles. The van der Waals surface area contributed by atoms with Gasteiger partial charge in [0, 0.05) is 18.7 Å². The van der Waals surface area contributed by atoms with Crippen LogP contribution in [0.1, 0.15) is 36.0 Å². The summed E-state index contributed by atoms with van der Waals surface area (Å²) in [6.07, 6.45) is -1.74. The largest absolute Gasteiger partial charge is 0.496 e. The number of carbonyl (C=O) groups is 1. The Bertz CT molecular complexity index is 1180. The Morgan fingerprint density at radius 2 is 1.69 bits per heavy atom. The number of rotatable bonds is 7. The fourth-order valence-corrected chi connectivity index (χ4v) is 4.53. The quantitative estimate of drug-likeness (QED) is 0.394. The number of alkyl halides is 3. The van der Waals surface area contributed by atoms with E-state index in [4.69, 9.17) is 4.74 Å².